The maximum Gasteiger partial charge on any atom is 0.269 e. The summed E-state index contributed by atoms with van der Waals surface area (Å²) in [6, 6.07) is 10.4. The monoisotopic (exact) mass is 946 g/mol. The summed E-state index contributed by atoms with van der Waals surface area (Å²) in [6.45, 7) is 8.81. The Morgan fingerprint density at radius 2 is 0.931 bits per heavy atom. The van der Waals surface area contributed by atoms with E-state index in [4.69, 9.17) is 92.8 Å². The average molecular weight is 950 g/mol. The topological polar surface area (TPSA) is 144 Å². The minimum absolute atomic E-state index is 0.00467. The van der Waals surface area contributed by atoms with Gasteiger partial charge < -0.3 is 9.80 Å². The number of fused-ring (bicyclic) bond motifs is 2. The highest BCUT2D eigenvalue weighted by atomic mass is 35.5. The van der Waals surface area contributed by atoms with Crippen LogP contribution in [0, 0.1) is 32.1 Å². The predicted octanol–water partition coefficient (Wildman–Crippen LogP) is 11.3. The zero-order valence-corrected chi connectivity index (χ0v) is 37.1. The predicted molar refractivity (Wildman–Crippen MR) is 226 cm³/mol. The molecular formula is C39H30Cl8N4O7. The molecule has 2 aromatic rings. The molecule has 0 N–H and O–H groups in total. The van der Waals surface area contributed by atoms with Gasteiger partial charge in [0.25, 0.3) is 11.4 Å². The van der Waals surface area contributed by atoms with Crippen LogP contribution in [0.15, 0.2) is 114 Å². The summed E-state index contributed by atoms with van der Waals surface area (Å²) >= 11 is 56.5. The van der Waals surface area contributed by atoms with E-state index in [1.54, 1.807) is 13.8 Å². The zero-order chi connectivity index (χ0) is 43.2. The van der Waals surface area contributed by atoms with Crippen molar-refractivity contribution in [3.8, 4) is 0 Å². The first kappa shape index (κ1) is 44.2. The number of halogens is 8. The molecule has 0 saturated carbocycles. The van der Waals surface area contributed by atoms with Crippen LogP contribution in [0.1, 0.15) is 52.7 Å². The van der Waals surface area contributed by atoms with Crippen LogP contribution < -0.4 is 0 Å². The maximum atomic E-state index is 15.5. The number of benzene rings is 2. The molecule has 0 bridgehead atoms. The lowest BCUT2D eigenvalue weighted by atomic mass is 9.67. The number of nitro groups is 2. The van der Waals surface area contributed by atoms with Crippen molar-refractivity contribution in [2.45, 2.75) is 62.3 Å². The highest BCUT2D eigenvalue weighted by molar-refractivity contribution is 6.47. The number of nitro benzene ring substituents is 2. The Bertz CT molecular complexity index is 2290. The fourth-order valence-corrected chi connectivity index (χ4v) is 11.6. The van der Waals surface area contributed by atoms with Gasteiger partial charge in [-0.3, -0.25) is 34.6 Å². The van der Waals surface area contributed by atoms with Crippen molar-refractivity contribution in [1.82, 2.24) is 9.80 Å². The van der Waals surface area contributed by atoms with Crippen molar-refractivity contribution < 1.29 is 24.2 Å². The molecule has 0 saturated heterocycles. The number of Topliss-reactive ketones (excluding diaryl/α,β-unsaturated/α-hetero) is 3. The smallest absolute Gasteiger partial charge is 0.269 e. The fourth-order valence-electron chi connectivity index (χ4n) is 8.49. The van der Waals surface area contributed by atoms with Gasteiger partial charge in [0, 0.05) is 58.6 Å². The second-order valence-corrected chi connectivity index (χ2v) is 17.6. The molecule has 6 unspecified atom stereocenters. The van der Waals surface area contributed by atoms with Gasteiger partial charge in [0.2, 0.25) is 0 Å². The third-order valence-corrected chi connectivity index (χ3v) is 15.0. The first-order valence-electron chi connectivity index (χ1n) is 17.3. The summed E-state index contributed by atoms with van der Waals surface area (Å²) in [5, 5.41) is 23.2. The van der Waals surface area contributed by atoms with Crippen LogP contribution >= 0.6 is 92.8 Å². The summed E-state index contributed by atoms with van der Waals surface area (Å²) in [5.41, 5.74) is -1.44. The van der Waals surface area contributed by atoms with Gasteiger partial charge >= 0.3 is 0 Å². The number of carbonyl (C=O) groups excluding carboxylic acids is 3. The molecule has 11 nitrogen and oxygen atoms in total. The lowest BCUT2D eigenvalue weighted by Crippen LogP contribution is -2.46. The third-order valence-electron chi connectivity index (χ3n) is 11.0. The Balaban J connectivity index is 1.66. The van der Waals surface area contributed by atoms with E-state index in [9.17, 15) is 29.8 Å². The van der Waals surface area contributed by atoms with Crippen molar-refractivity contribution in [3.63, 3.8) is 0 Å². The van der Waals surface area contributed by atoms with Crippen LogP contribution in [-0.4, -0.2) is 48.0 Å². The van der Waals surface area contributed by atoms with E-state index in [2.05, 4.69) is 0 Å². The second kappa shape index (κ2) is 15.6. The standard InChI is InChI=1S/C39H30Cl8N4O7/c1-15(25-33-29(40)31(42)36(44)48(33)17(3)27(19(5)52)38(25,46)21-7-11-23(12-8-21)50(55)56)35(54)16(2)26-34-30(41)32(43)37(45)49(34)18(4)28(20(6)53)39(26,47)22-9-13-24(14-10-22)51(57)58/h7-16,36-37H,1-6H3. The maximum absolute atomic E-state index is 15.5. The molecule has 58 heavy (non-hydrogen) atoms. The molecular weight excluding hydrogens is 920 g/mol. The van der Waals surface area contributed by atoms with Crippen LogP contribution in [0.3, 0.4) is 0 Å². The van der Waals surface area contributed by atoms with Gasteiger partial charge in [0.1, 0.15) is 26.5 Å². The number of hydrogen-bond acceptors (Lipinski definition) is 9. The van der Waals surface area contributed by atoms with Crippen molar-refractivity contribution in [2.75, 3.05) is 0 Å². The van der Waals surface area contributed by atoms with E-state index in [0.29, 0.717) is 0 Å². The number of alkyl halides is 4. The molecule has 4 aliphatic rings. The molecule has 4 heterocycles. The van der Waals surface area contributed by atoms with Crippen LogP contribution in [0.2, 0.25) is 0 Å². The molecule has 0 amide bonds. The van der Waals surface area contributed by atoms with E-state index >= 15 is 4.79 Å². The quantitative estimate of drug-likeness (QED) is 0.0983. The van der Waals surface area contributed by atoms with E-state index in [0.717, 1.165) is 0 Å². The highest BCUT2D eigenvalue weighted by Gasteiger charge is 2.58. The number of hydrogen-bond donors (Lipinski definition) is 0. The number of rotatable bonds is 10. The van der Waals surface area contributed by atoms with Crippen molar-refractivity contribution in [1.29, 1.82) is 0 Å². The molecule has 4 aliphatic heterocycles. The number of allylic oxidation sites excluding steroid dienone is 8. The van der Waals surface area contributed by atoms with Crippen LogP contribution in [-0.2, 0) is 24.1 Å². The molecule has 2 aromatic carbocycles. The summed E-state index contributed by atoms with van der Waals surface area (Å²) < 4.78 is 0. The van der Waals surface area contributed by atoms with Gasteiger partial charge in [0.15, 0.2) is 11.6 Å². The second-order valence-electron chi connectivity index (χ2n) is 14.1. The summed E-state index contributed by atoms with van der Waals surface area (Å²) in [7, 11) is 0. The SMILES string of the molecule is CC(=O)C1=C(C)N2C(=C(C(C)C(=O)C(C)C3=C4C(Cl)=C(Cl)C(Cl)N4C(C)=C(C(C)=O)C3(Cl)c3ccc([N+](=O)[O-])cc3)C1(Cl)c1ccc([N+](=O)[O-])cc1)C(Cl)=C(Cl)C2Cl. The zero-order valence-electron chi connectivity index (χ0n) is 31.1. The molecule has 0 spiro atoms. The number of ketones is 3. The van der Waals surface area contributed by atoms with Gasteiger partial charge in [0.05, 0.1) is 41.4 Å². The molecule has 0 fully saturated rings. The minimum Gasteiger partial charge on any atom is -0.322 e. The van der Waals surface area contributed by atoms with Crippen molar-refractivity contribution in [2.24, 2.45) is 11.8 Å². The fraction of sp³-hybridized carbons (Fsp3) is 0.308. The van der Waals surface area contributed by atoms with Crippen molar-refractivity contribution >= 4 is 122 Å². The summed E-state index contributed by atoms with van der Waals surface area (Å²) in [5.74, 6) is -4.23. The summed E-state index contributed by atoms with van der Waals surface area (Å²) in [6.07, 6.45) is 0. The molecule has 0 aliphatic carbocycles. The Hall–Kier alpha value is -3.39. The largest absolute Gasteiger partial charge is 0.322 e. The third kappa shape index (κ3) is 6.35. The number of carbonyl (C=O) groups is 3. The molecule has 304 valence electrons. The Morgan fingerprint density at radius 1 is 0.638 bits per heavy atom. The van der Waals surface area contributed by atoms with Gasteiger partial charge in [-0.05, 0) is 74.2 Å². The van der Waals surface area contributed by atoms with Crippen LogP contribution in [0.4, 0.5) is 11.4 Å². The number of nitrogens with zero attached hydrogens (tertiary/aromatic N) is 4. The summed E-state index contributed by atoms with van der Waals surface area (Å²) in [4.78, 5) is 64.2. The molecule has 0 radical (unpaired) electrons. The Labute approximate surface area is 372 Å². The highest BCUT2D eigenvalue weighted by Crippen LogP contribution is 2.61. The van der Waals surface area contributed by atoms with E-state index < -0.39 is 59.8 Å². The van der Waals surface area contributed by atoms with E-state index in [1.165, 1.54) is 86.0 Å². The van der Waals surface area contributed by atoms with E-state index in [1.807, 2.05) is 0 Å². The lowest BCUT2D eigenvalue weighted by molar-refractivity contribution is -0.385. The van der Waals surface area contributed by atoms with Crippen molar-refractivity contribution in [3.05, 3.63) is 145 Å². The average Bonchev–Trinajstić information content (AvgIpc) is 3.52. The molecule has 0 aromatic heterocycles. The first-order valence-corrected chi connectivity index (χ1v) is 20.4. The number of non-ortho nitro benzene ring substituents is 2. The van der Waals surface area contributed by atoms with Gasteiger partial charge in [-0.2, -0.15) is 0 Å². The van der Waals surface area contributed by atoms with Crippen LogP contribution in [0.5, 0.6) is 0 Å². The van der Waals surface area contributed by atoms with Crippen LogP contribution in [0.25, 0.3) is 0 Å². The van der Waals surface area contributed by atoms with Gasteiger partial charge in [-0.25, -0.2) is 0 Å². The Kier molecular flexibility index (Phi) is 11.9. The molecule has 19 heteroatoms. The molecule has 6 rings (SSSR count). The molecule has 6 atom stereocenters. The van der Waals surface area contributed by atoms with Gasteiger partial charge in [-0.1, -0.05) is 83.5 Å². The van der Waals surface area contributed by atoms with Gasteiger partial charge in [-0.15, -0.1) is 23.2 Å². The lowest BCUT2D eigenvalue weighted by Gasteiger charge is -2.46. The first-order chi connectivity index (χ1) is 27.0. The Morgan fingerprint density at radius 3 is 1.19 bits per heavy atom. The van der Waals surface area contributed by atoms with E-state index in [-0.39, 0.29) is 87.7 Å². The minimum atomic E-state index is -1.99. The normalized spacial score (nSPS) is 25.8.